The Bertz CT molecular complexity index is 804. The van der Waals surface area contributed by atoms with E-state index < -0.39 is 5.60 Å². The fourth-order valence-corrected chi connectivity index (χ4v) is 4.16. The number of carbonyl (C=O) groups is 1. The van der Waals surface area contributed by atoms with Gasteiger partial charge in [0, 0.05) is 23.1 Å². The van der Waals surface area contributed by atoms with Crippen LogP contribution in [0.5, 0.6) is 5.75 Å². The minimum atomic E-state index is -0.716. The standard InChI is InChI=1S/C24H33NO3/c1-4-15-27-22-13-12-21(19-10-6-7-11-20(19)22)25-23(26)24(28-16-5-2)14-8-9-18(3)17-24/h6-7,10-13,18H,4-5,8-9,14-17H2,1-3H3,(H,25,26)/t18-,24-/m0/s1. The van der Waals surface area contributed by atoms with Gasteiger partial charge in [-0.1, -0.05) is 51.5 Å². The lowest BCUT2D eigenvalue weighted by Crippen LogP contribution is -2.48. The predicted octanol–water partition coefficient (Wildman–Crippen LogP) is 5.94. The van der Waals surface area contributed by atoms with Gasteiger partial charge in [0.25, 0.3) is 5.91 Å². The molecule has 0 unspecified atom stereocenters. The van der Waals surface area contributed by atoms with Gasteiger partial charge in [-0.15, -0.1) is 0 Å². The lowest BCUT2D eigenvalue weighted by molar-refractivity contribution is -0.148. The molecule has 1 aliphatic carbocycles. The van der Waals surface area contributed by atoms with Gasteiger partial charge in [0.2, 0.25) is 0 Å². The van der Waals surface area contributed by atoms with E-state index in [1.165, 1.54) is 0 Å². The summed E-state index contributed by atoms with van der Waals surface area (Å²) >= 11 is 0. The summed E-state index contributed by atoms with van der Waals surface area (Å²) < 4.78 is 12.1. The summed E-state index contributed by atoms with van der Waals surface area (Å²) in [6.45, 7) is 7.69. The van der Waals surface area contributed by atoms with Crippen molar-refractivity contribution in [1.29, 1.82) is 0 Å². The summed E-state index contributed by atoms with van der Waals surface area (Å²) in [6.07, 6.45) is 5.64. The van der Waals surface area contributed by atoms with E-state index in [4.69, 9.17) is 9.47 Å². The molecule has 2 aromatic carbocycles. The number of fused-ring (bicyclic) bond motifs is 1. The van der Waals surface area contributed by atoms with Crippen molar-refractivity contribution in [3.8, 4) is 5.75 Å². The number of benzene rings is 2. The number of hydrogen-bond acceptors (Lipinski definition) is 3. The van der Waals surface area contributed by atoms with Crippen molar-refractivity contribution >= 4 is 22.4 Å². The Hall–Kier alpha value is -2.07. The third kappa shape index (κ3) is 4.49. The molecule has 4 nitrogen and oxygen atoms in total. The number of amides is 1. The SMILES string of the molecule is CCCOc1ccc(NC(=O)[C@]2(OCCC)CCC[C@H](C)C2)c2ccccc12. The van der Waals surface area contributed by atoms with E-state index in [1.807, 2.05) is 36.4 Å². The molecule has 1 amide bonds. The molecule has 0 bridgehead atoms. The van der Waals surface area contributed by atoms with Crippen molar-refractivity contribution in [2.75, 3.05) is 18.5 Å². The highest BCUT2D eigenvalue weighted by molar-refractivity contribution is 6.06. The molecule has 4 heteroatoms. The van der Waals surface area contributed by atoms with Crippen LogP contribution in [-0.4, -0.2) is 24.7 Å². The first kappa shape index (κ1) is 20.7. The average molecular weight is 384 g/mol. The van der Waals surface area contributed by atoms with E-state index in [1.54, 1.807) is 0 Å². The Morgan fingerprint density at radius 1 is 1.11 bits per heavy atom. The van der Waals surface area contributed by atoms with Crippen LogP contribution in [0, 0.1) is 5.92 Å². The Kier molecular flexibility index (Phi) is 6.95. The van der Waals surface area contributed by atoms with Gasteiger partial charge in [0.1, 0.15) is 11.4 Å². The summed E-state index contributed by atoms with van der Waals surface area (Å²) in [6, 6.07) is 12.0. The lowest BCUT2D eigenvalue weighted by atomic mass is 9.78. The van der Waals surface area contributed by atoms with Crippen LogP contribution in [0.1, 0.15) is 59.3 Å². The van der Waals surface area contributed by atoms with E-state index in [2.05, 4.69) is 26.1 Å². The summed E-state index contributed by atoms with van der Waals surface area (Å²) in [5.74, 6) is 1.34. The molecule has 0 aromatic heterocycles. The van der Waals surface area contributed by atoms with Crippen LogP contribution in [0.4, 0.5) is 5.69 Å². The second kappa shape index (κ2) is 9.42. The molecule has 2 aromatic rings. The van der Waals surface area contributed by atoms with Gasteiger partial charge in [-0.25, -0.2) is 0 Å². The minimum Gasteiger partial charge on any atom is -0.493 e. The Labute approximate surface area is 168 Å². The van der Waals surface area contributed by atoms with Crippen LogP contribution in [0.15, 0.2) is 36.4 Å². The van der Waals surface area contributed by atoms with E-state index in [9.17, 15) is 4.79 Å². The molecule has 0 heterocycles. The molecule has 2 atom stereocenters. The first-order valence-electron chi connectivity index (χ1n) is 10.7. The highest BCUT2D eigenvalue weighted by atomic mass is 16.5. The molecule has 1 fully saturated rings. The van der Waals surface area contributed by atoms with Gasteiger partial charge in [0.15, 0.2) is 0 Å². The van der Waals surface area contributed by atoms with Gasteiger partial charge in [-0.05, 0) is 50.2 Å². The highest BCUT2D eigenvalue weighted by Crippen LogP contribution is 2.38. The van der Waals surface area contributed by atoms with Crippen LogP contribution in [0.25, 0.3) is 10.8 Å². The Morgan fingerprint density at radius 2 is 1.86 bits per heavy atom. The second-order valence-corrected chi connectivity index (χ2v) is 8.00. The number of rotatable bonds is 8. The molecule has 3 rings (SSSR count). The first-order chi connectivity index (χ1) is 13.6. The summed E-state index contributed by atoms with van der Waals surface area (Å²) in [7, 11) is 0. The van der Waals surface area contributed by atoms with Crippen molar-refractivity contribution in [3.63, 3.8) is 0 Å². The number of ether oxygens (including phenoxy) is 2. The third-order valence-corrected chi connectivity index (χ3v) is 5.55. The monoisotopic (exact) mass is 383 g/mol. The van der Waals surface area contributed by atoms with Crippen molar-refractivity contribution in [2.24, 2.45) is 5.92 Å². The van der Waals surface area contributed by atoms with Crippen LogP contribution in [0.3, 0.4) is 0 Å². The largest absolute Gasteiger partial charge is 0.493 e. The van der Waals surface area contributed by atoms with Crippen LogP contribution < -0.4 is 10.1 Å². The smallest absolute Gasteiger partial charge is 0.256 e. The molecule has 1 aliphatic rings. The maximum absolute atomic E-state index is 13.4. The number of nitrogens with one attached hydrogen (secondary N) is 1. The van der Waals surface area contributed by atoms with E-state index in [-0.39, 0.29) is 5.91 Å². The summed E-state index contributed by atoms with van der Waals surface area (Å²) in [4.78, 5) is 13.4. The number of anilines is 1. The lowest BCUT2D eigenvalue weighted by Gasteiger charge is -2.38. The number of carbonyl (C=O) groups excluding carboxylic acids is 1. The normalized spacial score (nSPS) is 22.2. The highest BCUT2D eigenvalue weighted by Gasteiger charge is 2.42. The first-order valence-corrected chi connectivity index (χ1v) is 10.7. The Morgan fingerprint density at radius 3 is 2.57 bits per heavy atom. The van der Waals surface area contributed by atoms with Crippen molar-refractivity contribution in [3.05, 3.63) is 36.4 Å². The second-order valence-electron chi connectivity index (χ2n) is 8.00. The molecular formula is C24H33NO3. The van der Waals surface area contributed by atoms with Gasteiger partial charge in [-0.2, -0.15) is 0 Å². The van der Waals surface area contributed by atoms with Crippen molar-refractivity contribution in [1.82, 2.24) is 0 Å². The zero-order valence-electron chi connectivity index (χ0n) is 17.4. The molecule has 1 saturated carbocycles. The molecule has 0 radical (unpaired) electrons. The zero-order valence-corrected chi connectivity index (χ0v) is 17.4. The van der Waals surface area contributed by atoms with E-state index in [0.29, 0.717) is 19.1 Å². The van der Waals surface area contributed by atoms with E-state index >= 15 is 0 Å². The predicted molar refractivity (Wildman–Crippen MR) is 115 cm³/mol. The molecule has 152 valence electrons. The number of hydrogen-bond donors (Lipinski definition) is 1. The Balaban J connectivity index is 1.89. The summed E-state index contributed by atoms with van der Waals surface area (Å²) in [5, 5.41) is 5.21. The van der Waals surface area contributed by atoms with Gasteiger partial charge in [0.05, 0.1) is 6.61 Å². The van der Waals surface area contributed by atoms with Gasteiger partial charge in [-0.3, -0.25) is 4.79 Å². The minimum absolute atomic E-state index is 0.0140. The maximum atomic E-state index is 13.4. The maximum Gasteiger partial charge on any atom is 0.256 e. The van der Waals surface area contributed by atoms with Crippen molar-refractivity contribution < 1.29 is 14.3 Å². The fraction of sp³-hybridized carbons (Fsp3) is 0.542. The van der Waals surface area contributed by atoms with Crippen LogP contribution in [0.2, 0.25) is 0 Å². The average Bonchev–Trinajstić information content (AvgIpc) is 2.71. The zero-order chi connectivity index (χ0) is 20.0. The topological polar surface area (TPSA) is 47.6 Å². The van der Waals surface area contributed by atoms with Gasteiger partial charge < -0.3 is 14.8 Å². The molecule has 0 saturated heterocycles. The molecule has 28 heavy (non-hydrogen) atoms. The molecule has 1 N–H and O–H groups in total. The quantitative estimate of drug-likeness (QED) is 0.613. The van der Waals surface area contributed by atoms with E-state index in [0.717, 1.165) is 60.7 Å². The summed E-state index contributed by atoms with van der Waals surface area (Å²) in [5.41, 5.74) is 0.105. The molecule has 0 spiro atoms. The third-order valence-electron chi connectivity index (χ3n) is 5.55. The fourth-order valence-electron chi connectivity index (χ4n) is 4.16. The van der Waals surface area contributed by atoms with Gasteiger partial charge >= 0.3 is 0 Å². The molecule has 0 aliphatic heterocycles. The van der Waals surface area contributed by atoms with Crippen LogP contribution in [-0.2, 0) is 9.53 Å². The van der Waals surface area contributed by atoms with Crippen LogP contribution >= 0.6 is 0 Å². The molecular weight excluding hydrogens is 350 g/mol. The van der Waals surface area contributed by atoms with Crippen molar-refractivity contribution in [2.45, 2.75) is 64.9 Å².